The van der Waals surface area contributed by atoms with Gasteiger partial charge in [0.25, 0.3) is 5.91 Å². The molecular formula is C20H22N2O2. The number of aromatic hydroxyl groups is 1. The number of amides is 1. The third-order valence-electron chi connectivity index (χ3n) is 5.31. The number of aryl methyl sites for hydroxylation is 1. The van der Waals surface area contributed by atoms with Crippen molar-refractivity contribution in [3.63, 3.8) is 0 Å². The summed E-state index contributed by atoms with van der Waals surface area (Å²) in [5.74, 6) is 0.307. The molecule has 1 fully saturated rings. The van der Waals surface area contributed by atoms with Crippen LogP contribution < -0.4 is 5.32 Å². The van der Waals surface area contributed by atoms with Crippen LogP contribution in [-0.2, 0) is 12.8 Å². The fourth-order valence-electron chi connectivity index (χ4n) is 4.08. The SMILES string of the molecule is Cc1ccc(O)c2c1C(=O)N1CCN[C@H](Cc3ccccc3)C1C2. The zero-order valence-corrected chi connectivity index (χ0v) is 13.8. The van der Waals surface area contributed by atoms with E-state index in [1.165, 1.54) is 5.56 Å². The molecule has 2 aliphatic heterocycles. The van der Waals surface area contributed by atoms with Crippen molar-refractivity contribution in [2.75, 3.05) is 13.1 Å². The van der Waals surface area contributed by atoms with Crippen molar-refractivity contribution in [3.8, 4) is 5.75 Å². The molecule has 0 aliphatic carbocycles. The van der Waals surface area contributed by atoms with E-state index in [2.05, 4.69) is 17.4 Å². The maximum absolute atomic E-state index is 13.0. The normalized spacial score (nSPS) is 22.9. The first-order valence-corrected chi connectivity index (χ1v) is 8.55. The standard InChI is InChI=1S/C20H22N2O2/c1-13-7-8-18(23)15-12-17-16(11-14-5-3-2-4-6-14)21-9-10-22(17)20(24)19(13)15/h2-8,16-17,21,23H,9-12H2,1H3/t16-,17?/m1/s1. The Morgan fingerprint density at radius 2 is 2.00 bits per heavy atom. The Balaban J connectivity index is 1.68. The second-order valence-corrected chi connectivity index (χ2v) is 6.78. The van der Waals surface area contributed by atoms with Gasteiger partial charge in [-0.2, -0.15) is 0 Å². The average molecular weight is 322 g/mol. The van der Waals surface area contributed by atoms with Crippen molar-refractivity contribution >= 4 is 5.91 Å². The molecule has 2 N–H and O–H groups in total. The number of phenols is 1. The molecular weight excluding hydrogens is 300 g/mol. The lowest BCUT2D eigenvalue weighted by atomic mass is 9.83. The Morgan fingerprint density at radius 3 is 2.79 bits per heavy atom. The molecule has 124 valence electrons. The van der Waals surface area contributed by atoms with E-state index in [-0.39, 0.29) is 23.7 Å². The first-order valence-electron chi connectivity index (χ1n) is 8.55. The Bertz CT molecular complexity index is 773. The van der Waals surface area contributed by atoms with Gasteiger partial charge in [-0.15, -0.1) is 0 Å². The van der Waals surface area contributed by atoms with Gasteiger partial charge in [-0.3, -0.25) is 4.79 Å². The molecule has 24 heavy (non-hydrogen) atoms. The van der Waals surface area contributed by atoms with Gasteiger partial charge in [0.15, 0.2) is 0 Å². The highest BCUT2D eigenvalue weighted by Gasteiger charge is 2.40. The summed E-state index contributed by atoms with van der Waals surface area (Å²) in [7, 11) is 0. The highest BCUT2D eigenvalue weighted by Crippen LogP contribution is 2.34. The van der Waals surface area contributed by atoms with Gasteiger partial charge in [0.05, 0.1) is 6.04 Å². The Kier molecular flexibility index (Phi) is 3.77. The van der Waals surface area contributed by atoms with E-state index in [1.807, 2.05) is 36.1 Å². The number of fused-ring (bicyclic) bond motifs is 2. The molecule has 0 bridgehead atoms. The van der Waals surface area contributed by atoms with Crippen LogP contribution in [0.4, 0.5) is 0 Å². The van der Waals surface area contributed by atoms with Crippen LogP contribution in [0.3, 0.4) is 0 Å². The van der Waals surface area contributed by atoms with E-state index >= 15 is 0 Å². The second kappa shape index (κ2) is 5.95. The lowest BCUT2D eigenvalue weighted by molar-refractivity contribution is 0.0523. The molecule has 0 aromatic heterocycles. The van der Waals surface area contributed by atoms with Gasteiger partial charge >= 0.3 is 0 Å². The van der Waals surface area contributed by atoms with E-state index in [4.69, 9.17) is 0 Å². The van der Waals surface area contributed by atoms with E-state index in [0.717, 1.165) is 30.6 Å². The first kappa shape index (κ1) is 15.2. The van der Waals surface area contributed by atoms with Crippen LogP contribution in [0.1, 0.15) is 27.0 Å². The average Bonchev–Trinajstić information content (AvgIpc) is 2.60. The summed E-state index contributed by atoms with van der Waals surface area (Å²) < 4.78 is 0. The van der Waals surface area contributed by atoms with Crippen molar-refractivity contribution in [2.24, 2.45) is 0 Å². The van der Waals surface area contributed by atoms with Crippen LogP contribution in [0.25, 0.3) is 0 Å². The van der Waals surface area contributed by atoms with Crippen LogP contribution in [0.2, 0.25) is 0 Å². The lowest BCUT2D eigenvalue weighted by Crippen LogP contribution is -2.62. The Labute approximate surface area is 142 Å². The van der Waals surface area contributed by atoms with Gasteiger partial charge in [-0.1, -0.05) is 36.4 Å². The molecule has 0 saturated carbocycles. The molecule has 0 radical (unpaired) electrons. The lowest BCUT2D eigenvalue weighted by Gasteiger charge is -2.45. The third kappa shape index (κ3) is 2.47. The fourth-order valence-corrected chi connectivity index (χ4v) is 4.08. The summed E-state index contributed by atoms with van der Waals surface area (Å²) in [6.45, 7) is 3.48. The number of nitrogens with one attached hydrogen (secondary N) is 1. The van der Waals surface area contributed by atoms with E-state index in [9.17, 15) is 9.90 Å². The number of benzene rings is 2. The molecule has 4 rings (SSSR count). The summed E-state index contributed by atoms with van der Waals surface area (Å²) in [6.07, 6.45) is 1.59. The molecule has 2 aromatic carbocycles. The maximum Gasteiger partial charge on any atom is 0.254 e. The molecule has 0 spiro atoms. The van der Waals surface area contributed by atoms with Gasteiger partial charge in [-0.05, 0) is 37.0 Å². The van der Waals surface area contributed by atoms with Crippen molar-refractivity contribution in [1.29, 1.82) is 0 Å². The minimum atomic E-state index is 0.0641. The van der Waals surface area contributed by atoms with Gasteiger partial charge in [-0.25, -0.2) is 0 Å². The summed E-state index contributed by atoms with van der Waals surface area (Å²) >= 11 is 0. The molecule has 4 heteroatoms. The van der Waals surface area contributed by atoms with Crippen molar-refractivity contribution < 1.29 is 9.90 Å². The van der Waals surface area contributed by atoms with Crippen LogP contribution in [-0.4, -0.2) is 41.1 Å². The predicted molar refractivity (Wildman–Crippen MR) is 93.3 cm³/mol. The zero-order chi connectivity index (χ0) is 16.7. The fraction of sp³-hybridized carbons (Fsp3) is 0.350. The van der Waals surface area contributed by atoms with Crippen molar-refractivity contribution in [1.82, 2.24) is 10.2 Å². The number of piperazine rings is 1. The summed E-state index contributed by atoms with van der Waals surface area (Å²) in [6, 6.07) is 14.2. The highest BCUT2D eigenvalue weighted by atomic mass is 16.3. The topological polar surface area (TPSA) is 52.6 Å². The minimum absolute atomic E-state index is 0.0641. The Hall–Kier alpha value is -2.33. The van der Waals surface area contributed by atoms with Gasteiger partial charge in [0.1, 0.15) is 5.75 Å². The monoisotopic (exact) mass is 322 g/mol. The molecule has 1 saturated heterocycles. The van der Waals surface area contributed by atoms with E-state index in [0.29, 0.717) is 12.0 Å². The Morgan fingerprint density at radius 1 is 1.21 bits per heavy atom. The summed E-state index contributed by atoms with van der Waals surface area (Å²) in [5, 5.41) is 13.9. The zero-order valence-electron chi connectivity index (χ0n) is 13.8. The largest absolute Gasteiger partial charge is 0.508 e. The predicted octanol–water partition coefficient (Wildman–Crippen LogP) is 2.28. The summed E-state index contributed by atoms with van der Waals surface area (Å²) in [5.41, 5.74) is 3.72. The van der Waals surface area contributed by atoms with Crippen LogP contribution >= 0.6 is 0 Å². The number of nitrogens with zero attached hydrogens (tertiary/aromatic N) is 1. The number of rotatable bonds is 2. The van der Waals surface area contributed by atoms with Gasteiger partial charge in [0, 0.05) is 30.3 Å². The van der Waals surface area contributed by atoms with Gasteiger partial charge < -0.3 is 15.3 Å². The molecule has 1 amide bonds. The molecule has 4 nitrogen and oxygen atoms in total. The molecule has 2 aromatic rings. The van der Waals surface area contributed by atoms with Crippen LogP contribution in [0.15, 0.2) is 42.5 Å². The van der Waals surface area contributed by atoms with Gasteiger partial charge in [0.2, 0.25) is 0 Å². The molecule has 2 aliphatic rings. The van der Waals surface area contributed by atoms with E-state index in [1.54, 1.807) is 6.07 Å². The first-order chi connectivity index (χ1) is 11.6. The number of carbonyl (C=O) groups is 1. The quantitative estimate of drug-likeness (QED) is 0.892. The minimum Gasteiger partial charge on any atom is -0.508 e. The number of phenolic OH excluding ortho intramolecular Hbond substituents is 1. The molecule has 2 atom stereocenters. The second-order valence-electron chi connectivity index (χ2n) is 6.78. The number of carbonyl (C=O) groups excluding carboxylic acids is 1. The number of hydrogen-bond acceptors (Lipinski definition) is 3. The van der Waals surface area contributed by atoms with Crippen LogP contribution in [0.5, 0.6) is 5.75 Å². The number of hydrogen-bond donors (Lipinski definition) is 2. The van der Waals surface area contributed by atoms with Crippen LogP contribution in [0, 0.1) is 6.92 Å². The third-order valence-corrected chi connectivity index (χ3v) is 5.31. The summed E-state index contributed by atoms with van der Waals surface area (Å²) in [4.78, 5) is 15.0. The maximum atomic E-state index is 13.0. The van der Waals surface area contributed by atoms with Crippen molar-refractivity contribution in [2.45, 2.75) is 31.8 Å². The molecule has 2 heterocycles. The molecule has 1 unspecified atom stereocenters. The van der Waals surface area contributed by atoms with E-state index < -0.39 is 0 Å². The van der Waals surface area contributed by atoms with Crippen molar-refractivity contribution in [3.05, 3.63) is 64.7 Å². The smallest absolute Gasteiger partial charge is 0.254 e. The highest BCUT2D eigenvalue weighted by molar-refractivity contribution is 5.99.